The maximum Gasteiger partial charge on any atom is 0.246 e. The zero-order chi connectivity index (χ0) is 15.9. The maximum absolute atomic E-state index is 12.2. The van der Waals surface area contributed by atoms with Crippen molar-refractivity contribution in [1.82, 2.24) is 9.80 Å². The average Bonchev–Trinajstić information content (AvgIpc) is 2.54. The lowest BCUT2D eigenvalue weighted by molar-refractivity contribution is -0.135. The number of carbonyl (C=O) groups excluding carboxylic acids is 2. The van der Waals surface area contributed by atoms with Gasteiger partial charge < -0.3 is 14.5 Å². The van der Waals surface area contributed by atoms with Gasteiger partial charge in [0.25, 0.3) is 0 Å². The molecule has 1 heterocycles. The summed E-state index contributed by atoms with van der Waals surface area (Å²) in [6.07, 6.45) is 3.35. The van der Waals surface area contributed by atoms with Crippen LogP contribution in [0.2, 0.25) is 0 Å². The molecule has 1 aliphatic rings. The number of piperazine rings is 1. The highest BCUT2D eigenvalue weighted by atomic mass is 16.5. The second-order valence-corrected chi connectivity index (χ2v) is 5.14. The molecule has 0 aliphatic carbocycles. The molecule has 0 unspecified atom stereocenters. The van der Waals surface area contributed by atoms with Gasteiger partial charge in [-0.1, -0.05) is 18.2 Å². The molecule has 1 aliphatic heterocycles. The first-order valence-corrected chi connectivity index (χ1v) is 7.56. The normalized spacial score (nSPS) is 15.2. The summed E-state index contributed by atoms with van der Waals surface area (Å²) in [5.41, 5.74) is 0.889. The second-order valence-electron chi connectivity index (χ2n) is 5.14. The maximum atomic E-state index is 12.2. The molecule has 0 N–H and O–H groups in total. The van der Waals surface area contributed by atoms with E-state index in [9.17, 15) is 9.59 Å². The number of ether oxygens (including phenoxy) is 1. The van der Waals surface area contributed by atoms with Crippen molar-refractivity contribution in [2.24, 2.45) is 0 Å². The summed E-state index contributed by atoms with van der Waals surface area (Å²) in [7, 11) is 0. The smallest absolute Gasteiger partial charge is 0.246 e. The molecule has 5 heteroatoms. The van der Waals surface area contributed by atoms with Crippen molar-refractivity contribution in [1.29, 1.82) is 0 Å². The summed E-state index contributed by atoms with van der Waals surface area (Å²) >= 11 is 0. The molecule has 0 radical (unpaired) electrons. The molecule has 118 valence electrons. The Labute approximate surface area is 131 Å². The minimum Gasteiger partial charge on any atom is -0.493 e. The van der Waals surface area contributed by atoms with Crippen LogP contribution in [0.5, 0.6) is 5.75 Å². The summed E-state index contributed by atoms with van der Waals surface area (Å²) in [4.78, 5) is 27.0. The van der Waals surface area contributed by atoms with Crippen molar-refractivity contribution in [2.75, 3.05) is 32.8 Å². The molecule has 0 bridgehead atoms. The Morgan fingerprint density at radius 3 is 2.41 bits per heavy atom. The average molecular weight is 302 g/mol. The zero-order valence-electron chi connectivity index (χ0n) is 13.1. The van der Waals surface area contributed by atoms with Crippen molar-refractivity contribution in [3.8, 4) is 5.75 Å². The molecule has 0 atom stereocenters. The van der Waals surface area contributed by atoms with Crippen LogP contribution in [0.1, 0.15) is 19.4 Å². The summed E-state index contributed by atoms with van der Waals surface area (Å²) in [5, 5.41) is 0. The van der Waals surface area contributed by atoms with Crippen LogP contribution in [-0.2, 0) is 9.59 Å². The molecule has 1 aromatic carbocycles. The summed E-state index contributed by atoms with van der Waals surface area (Å²) < 4.78 is 5.53. The largest absolute Gasteiger partial charge is 0.493 e. The molecule has 1 aromatic rings. The van der Waals surface area contributed by atoms with Gasteiger partial charge >= 0.3 is 0 Å². The van der Waals surface area contributed by atoms with Crippen LogP contribution in [0.4, 0.5) is 0 Å². The Balaban J connectivity index is 1.96. The number of benzene rings is 1. The predicted molar refractivity (Wildman–Crippen MR) is 85.5 cm³/mol. The van der Waals surface area contributed by atoms with Crippen LogP contribution < -0.4 is 4.74 Å². The topological polar surface area (TPSA) is 49.9 Å². The number of hydrogen-bond donors (Lipinski definition) is 0. The molecule has 0 aromatic heterocycles. The molecule has 0 saturated carbocycles. The van der Waals surface area contributed by atoms with E-state index in [-0.39, 0.29) is 11.8 Å². The first kappa shape index (κ1) is 16.1. The molecule has 22 heavy (non-hydrogen) atoms. The zero-order valence-corrected chi connectivity index (χ0v) is 13.1. The van der Waals surface area contributed by atoms with Gasteiger partial charge in [-0.15, -0.1) is 0 Å². The Kier molecular flexibility index (Phi) is 5.58. The fourth-order valence-electron chi connectivity index (χ4n) is 2.41. The van der Waals surface area contributed by atoms with E-state index in [0.29, 0.717) is 32.8 Å². The minimum atomic E-state index is -0.0329. The Morgan fingerprint density at radius 1 is 1.14 bits per heavy atom. The first-order chi connectivity index (χ1) is 10.6. The Hall–Kier alpha value is -2.30. The van der Waals surface area contributed by atoms with Gasteiger partial charge in [-0.05, 0) is 19.1 Å². The van der Waals surface area contributed by atoms with Gasteiger partial charge in [0, 0.05) is 44.7 Å². The van der Waals surface area contributed by atoms with E-state index in [1.807, 2.05) is 31.2 Å². The summed E-state index contributed by atoms with van der Waals surface area (Å²) in [6.45, 7) is 6.44. The van der Waals surface area contributed by atoms with Crippen LogP contribution >= 0.6 is 0 Å². The van der Waals surface area contributed by atoms with E-state index in [2.05, 4.69) is 0 Å². The Morgan fingerprint density at radius 2 is 1.77 bits per heavy atom. The second kappa shape index (κ2) is 7.64. The van der Waals surface area contributed by atoms with Gasteiger partial charge in [-0.25, -0.2) is 0 Å². The van der Waals surface area contributed by atoms with Crippen LogP contribution in [-0.4, -0.2) is 54.4 Å². The van der Waals surface area contributed by atoms with Gasteiger partial charge in [0.1, 0.15) is 5.75 Å². The molecular formula is C17H22N2O3. The van der Waals surface area contributed by atoms with Crippen molar-refractivity contribution in [3.05, 3.63) is 35.9 Å². The third-order valence-corrected chi connectivity index (χ3v) is 3.66. The number of nitrogens with zero attached hydrogens (tertiary/aromatic N) is 2. The lowest BCUT2D eigenvalue weighted by atomic mass is 10.2. The number of hydrogen-bond acceptors (Lipinski definition) is 3. The molecule has 1 saturated heterocycles. The molecule has 2 amide bonds. The van der Waals surface area contributed by atoms with Crippen LogP contribution in [0.25, 0.3) is 6.08 Å². The summed E-state index contributed by atoms with van der Waals surface area (Å²) in [6, 6.07) is 7.63. The van der Waals surface area contributed by atoms with E-state index in [1.54, 1.807) is 28.9 Å². The lowest BCUT2D eigenvalue weighted by Crippen LogP contribution is -2.49. The SMILES string of the molecule is CCOc1ccccc1/C=C/C(=O)N1CCN(C(C)=O)CC1. The first-order valence-electron chi connectivity index (χ1n) is 7.56. The third-order valence-electron chi connectivity index (χ3n) is 3.66. The fourth-order valence-corrected chi connectivity index (χ4v) is 2.41. The lowest BCUT2D eigenvalue weighted by Gasteiger charge is -2.33. The summed E-state index contributed by atoms with van der Waals surface area (Å²) in [5.74, 6) is 0.804. The van der Waals surface area contributed by atoms with Crippen LogP contribution in [0.3, 0.4) is 0 Å². The molecular weight excluding hydrogens is 280 g/mol. The molecule has 0 spiro atoms. The predicted octanol–water partition coefficient (Wildman–Crippen LogP) is 1.79. The van der Waals surface area contributed by atoms with Crippen molar-refractivity contribution in [2.45, 2.75) is 13.8 Å². The molecule has 5 nitrogen and oxygen atoms in total. The van der Waals surface area contributed by atoms with E-state index in [4.69, 9.17) is 4.74 Å². The number of amides is 2. The van der Waals surface area contributed by atoms with Gasteiger partial charge in [0.15, 0.2) is 0 Å². The number of para-hydroxylation sites is 1. The fraction of sp³-hybridized carbons (Fsp3) is 0.412. The van der Waals surface area contributed by atoms with Gasteiger partial charge in [0.05, 0.1) is 6.61 Å². The van der Waals surface area contributed by atoms with Crippen molar-refractivity contribution >= 4 is 17.9 Å². The van der Waals surface area contributed by atoms with E-state index in [0.717, 1.165) is 11.3 Å². The highest BCUT2D eigenvalue weighted by Gasteiger charge is 2.20. The quantitative estimate of drug-likeness (QED) is 0.797. The van der Waals surface area contributed by atoms with Gasteiger partial charge in [0.2, 0.25) is 11.8 Å². The third kappa shape index (κ3) is 4.10. The number of carbonyl (C=O) groups is 2. The number of rotatable bonds is 4. The highest BCUT2D eigenvalue weighted by Crippen LogP contribution is 2.19. The van der Waals surface area contributed by atoms with E-state index < -0.39 is 0 Å². The minimum absolute atomic E-state index is 0.0329. The van der Waals surface area contributed by atoms with Crippen molar-refractivity contribution in [3.63, 3.8) is 0 Å². The van der Waals surface area contributed by atoms with Crippen LogP contribution in [0, 0.1) is 0 Å². The highest BCUT2D eigenvalue weighted by molar-refractivity contribution is 5.92. The van der Waals surface area contributed by atoms with Crippen molar-refractivity contribution < 1.29 is 14.3 Å². The standard InChI is InChI=1S/C17H22N2O3/c1-3-22-16-7-5-4-6-15(16)8-9-17(21)19-12-10-18(11-13-19)14(2)20/h4-9H,3,10-13H2,1-2H3/b9-8+. The van der Waals surface area contributed by atoms with Gasteiger partial charge in [-0.3, -0.25) is 9.59 Å². The van der Waals surface area contributed by atoms with E-state index >= 15 is 0 Å². The van der Waals surface area contributed by atoms with E-state index in [1.165, 1.54) is 0 Å². The van der Waals surface area contributed by atoms with Gasteiger partial charge in [-0.2, -0.15) is 0 Å². The molecule has 1 fully saturated rings. The monoisotopic (exact) mass is 302 g/mol. The molecule has 2 rings (SSSR count). The van der Waals surface area contributed by atoms with Crippen LogP contribution in [0.15, 0.2) is 30.3 Å². The Bertz CT molecular complexity index is 561.